The fourth-order valence-electron chi connectivity index (χ4n) is 1.85. The number of benzene rings is 1. The third-order valence-electron chi connectivity index (χ3n) is 3.27. The van der Waals surface area contributed by atoms with E-state index in [4.69, 9.17) is 0 Å². The predicted octanol–water partition coefficient (Wildman–Crippen LogP) is 4.48. The summed E-state index contributed by atoms with van der Waals surface area (Å²) in [6, 6.07) is 7.94. The van der Waals surface area contributed by atoms with Crippen molar-refractivity contribution in [3.05, 3.63) is 53.3 Å². The molecular formula is C18H26N2O. The minimum atomic E-state index is -0.430. The van der Waals surface area contributed by atoms with Crippen LogP contribution < -0.4 is 5.32 Å². The maximum absolute atomic E-state index is 9.49. The van der Waals surface area contributed by atoms with Crippen molar-refractivity contribution in [3.8, 4) is 0 Å². The predicted molar refractivity (Wildman–Crippen MR) is 91.8 cm³/mol. The number of nitrogens with zero attached hydrogens (tertiary/aromatic N) is 1. The minimum absolute atomic E-state index is 0.135. The normalized spacial score (nSPS) is 16.1. The molecule has 0 aliphatic carbocycles. The quantitative estimate of drug-likeness (QED) is 0.598. The number of aliphatic hydroxyl groups excluding tert-OH is 1. The van der Waals surface area contributed by atoms with E-state index in [-0.39, 0.29) is 6.04 Å². The van der Waals surface area contributed by atoms with Gasteiger partial charge in [-0.3, -0.25) is 4.99 Å². The number of rotatable bonds is 6. The van der Waals surface area contributed by atoms with Gasteiger partial charge in [-0.25, -0.2) is 0 Å². The van der Waals surface area contributed by atoms with E-state index in [1.807, 2.05) is 50.4 Å². The standard InChI is InChI=1S/C18H26N2O/c1-6-7-13(2)15(4)19-12-14(3)20-18-10-8-17(9-11-18)16(5)21/h6-12,14,16,20-21H,1-5H3/b7-6-,15-13+,19-12-. The number of aliphatic imine (C=N–C) groups is 1. The monoisotopic (exact) mass is 286 g/mol. The Hall–Kier alpha value is -1.87. The second kappa shape index (κ2) is 8.42. The van der Waals surface area contributed by atoms with Gasteiger partial charge in [0, 0.05) is 17.6 Å². The topological polar surface area (TPSA) is 44.6 Å². The van der Waals surface area contributed by atoms with Gasteiger partial charge in [0.15, 0.2) is 0 Å². The van der Waals surface area contributed by atoms with E-state index in [0.717, 1.165) is 16.9 Å². The van der Waals surface area contributed by atoms with Gasteiger partial charge in [-0.1, -0.05) is 24.3 Å². The molecule has 0 amide bonds. The number of hydrogen-bond donors (Lipinski definition) is 2. The van der Waals surface area contributed by atoms with Crippen LogP contribution in [0.5, 0.6) is 0 Å². The molecule has 0 saturated carbocycles. The summed E-state index contributed by atoms with van der Waals surface area (Å²) in [6.07, 6.45) is 5.55. The van der Waals surface area contributed by atoms with Crippen LogP contribution in [0, 0.1) is 0 Å². The first-order chi connectivity index (χ1) is 9.93. The Morgan fingerprint density at radius 1 is 1.19 bits per heavy atom. The molecule has 0 bridgehead atoms. The van der Waals surface area contributed by atoms with Gasteiger partial charge in [0.2, 0.25) is 0 Å². The molecule has 1 aromatic rings. The second-order valence-corrected chi connectivity index (χ2v) is 5.28. The Morgan fingerprint density at radius 2 is 1.81 bits per heavy atom. The van der Waals surface area contributed by atoms with Crippen molar-refractivity contribution >= 4 is 11.9 Å². The van der Waals surface area contributed by atoms with E-state index in [9.17, 15) is 5.11 Å². The average Bonchev–Trinajstić information content (AvgIpc) is 2.45. The highest BCUT2D eigenvalue weighted by Gasteiger charge is 2.02. The van der Waals surface area contributed by atoms with E-state index < -0.39 is 6.10 Å². The van der Waals surface area contributed by atoms with Gasteiger partial charge in [0.05, 0.1) is 12.1 Å². The molecule has 0 aliphatic rings. The van der Waals surface area contributed by atoms with Crippen LogP contribution in [-0.4, -0.2) is 17.4 Å². The zero-order valence-corrected chi connectivity index (χ0v) is 13.6. The SMILES string of the molecule is C\C=C/C(C)=C(C)/N=C\C(C)Nc1ccc(C(C)O)cc1. The van der Waals surface area contributed by atoms with E-state index in [2.05, 4.69) is 30.2 Å². The summed E-state index contributed by atoms with van der Waals surface area (Å²) in [5, 5.41) is 12.8. The molecule has 0 aromatic heterocycles. The molecule has 114 valence electrons. The first kappa shape index (κ1) is 17.2. The second-order valence-electron chi connectivity index (χ2n) is 5.28. The third-order valence-corrected chi connectivity index (χ3v) is 3.27. The van der Waals surface area contributed by atoms with Crippen molar-refractivity contribution in [2.45, 2.75) is 46.8 Å². The van der Waals surface area contributed by atoms with E-state index in [0.29, 0.717) is 0 Å². The zero-order valence-electron chi connectivity index (χ0n) is 13.6. The molecule has 0 heterocycles. The van der Waals surface area contributed by atoms with Crippen molar-refractivity contribution in [3.63, 3.8) is 0 Å². The molecule has 0 fully saturated rings. The molecular weight excluding hydrogens is 260 g/mol. The first-order valence-electron chi connectivity index (χ1n) is 7.33. The van der Waals surface area contributed by atoms with Crippen LogP contribution >= 0.6 is 0 Å². The molecule has 0 spiro atoms. The highest BCUT2D eigenvalue weighted by Crippen LogP contribution is 2.16. The van der Waals surface area contributed by atoms with E-state index in [1.54, 1.807) is 6.92 Å². The summed E-state index contributed by atoms with van der Waals surface area (Å²) in [6.45, 7) is 9.89. The molecule has 0 saturated heterocycles. The van der Waals surface area contributed by atoms with Gasteiger partial charge in [-0.05, 0) is 57.9 Å². The van der Waals surface area contributed by atoms with Gasteiger partial charge < -0.3 is 10.4 Å². The summed E-state index contributed by atoms with van der Waals surface area (Å²) >= 11 is 0. The average molecular weight is 286 g/mol. The lowest BCUT2D eigenvalue weighted by Crippen LogP contribution is -2.16. The van der Waals surface area contributed by atoms with Crippen LogP contribution in [0.4, 0.5) is 5.69 Å². The molecule has 1 aromatic carbocycles. The van der Waals surface area contributed by atoms with Crippen molar-refractivity contribution < 1.29 is 5.11 Å². The Morgan fingerprint density at radius 3 is 2.33 bits per heavy atom. The Bertz CT molecular complexity index is 525. The van der Waals surface area contributed by atoms with Crippen LogP contribution in [-0.2, 0) is 0 Å². The summed E-state index contributed by atoms with van der Waals surface area (Å²) in [4.78, 5) is 4.49. The van der Waals surface area contributed by atoms with Crippen LogP contribution in [0.15, 0.2) is 52.7 Å². The highest BCUT2D eigenvalue weighted by molar-refractivity contribution is 5.70. The highest BCUT2D eigenvalue weighted by atomic mass is 16.3. The third kappa shape index (κ3) is 5.96. The van der Waals surface area contributed by atoms with Crippen LogP contribution in [0.3, 0.4) is 0 Å². The molecule has 0 aliphatic heterocycles. The van der Waals surface area contributed by atoms with Gasteiger partial charge >= 0.3 is 0 Å². The van der Waals surface area contributed by atoms with Crippen molar-refractivity contribution in [1.29, 1.82) is 0 Å². The Labute approximate surface area is 128 Å². The van der Waals surface area contributed by atoms with Gasteiger partial charge in [-0.15, -0.1) is 0 Å². The molecule has 2 atom stereocenters. The van der Waals surface area contributed by atoms with Crippen molar-refractivity contribution in [2.24, 2.45) is 4.99 Å². The molecule has 21 heavy (non-hydrogen) atoms. The van der Waals surface area contributed by atoms with Gasteiger partial charge in [-0.2, -0.15) is 0 Å². The van der Waals surface area contributed by atoms with E-state index >= 15 is 0 Å². The van der Waals surface area contributed by atoms with Crippen molar-refractivity contribution in [1.82, 2.24) is 0 Å². The lowest BCUT2D eigenvalue weighted by atomic mass is 10.1. The maximum atomic E-state index is 9.49. The number of anilines is 1. The van der Waals surface area contributed by atoms with Crippen molar-refractivity contribution in [2.75, 3.05) is 5.32 Å². The molecule has 3 heteroatoms. The summed E-state index contributed by atoms with van der Waals surface area (Å²) < 4.78 is 0. The lowest BCUT2D eigenvalue weighted by molar-refractivity contribution is 0.199. The lowest BCUT2D eigenvalue weighted by Gasteiger charge is -2.12. The molecule has 3 nitrogen and oxygen atoms in total. The summed E-state index contributed by atoms with van der Waals surface area (Å²) in [5.74, 6) is 0. The summed E-state index contributed by atoms with van der Waals surface area (Å²) in [7, 11) is 0. The minimum Gasteiger partial charge on any atom is -0.389 e. The molecule has 1 rings (SSSR count). The molecule has 2 N–H and O–H groups in total. The number of hydrogen-bond acceptors (Lipinski definition) is 3. The Kier molecular flexibility index (Phi) is 6.89. The largest absolute Gasteiger partial charge is 0.389 e. The Balaban J connectivity index is 2.65. The fourth-order valence-corrected chi connectivity index (χ4v) is 1.85. The zero-order chi connectivity index (χ0) is 15.8. The number of allylic oxidation sites excluding steroid dienone is 4. The van der Waals surface area contributed by atoms with E-state index in [1.165, 1.54) is 5.57 Å². The van der Waals surface area contributed by atoms with Crippen LogP contribution in [0.1, 0.15) is 46.3 Å². The van der Waals surface area contributed by atoms with Crippen LogP contribution in [0.25, 0.3) is 0 Å². The molecule has 0 radical (unpaired) electrons. The molecule has 2 unspecified atom stereocenters. The smallest absolute Gasteiger partial charge is 0.0761 e. The number of nitrogens with one attached hydrogen (secondary N) is 1. The first-order valence-corrected chi connectivity index (χ1v) is 7.33. The van der Waals surface area contributed by atoms with Crippen LogP contribution in [0.2, 0.25) is 0 Å². The summed E-state index contributed by atoms with van der Waals surface area (Å²) in [5.41, 5.74) is 4.13. The fraction of sp³-hybridized carbons (Fsp3) is 0.389. The van der Waals surface area contributed by atoms with Gasteiger partial charge in [0.25, 0.3) is 0 Å². The maximum Gasteiger partial charge on any atom is 0.0761 e. The number of aliphatic hydroxyl groups is 1. The van der Waals surface area contributed by atoms with Gasteiger partial charge in [0.1, 0.15) is 0 Å².